The first-order chi connectivity index (χ1) is 13.6. The lowest BCUT2D eigenvalue weighted by Crippen LogP contribution is -2.38. The molecular weight excluding hydrogens is 376 g/mol. The summed E-state index contributed by atoms with van der Waals surface area (Å²) in [6.45, 7) is 10.2. The van der Waals surface area contributed by atoms with E-state index < -0.39 is 0 Å². The Morgan fingerprint density at radius 1 is 1.04 bits per heavy atom. The van der Waals surface area contributed by atoms with Gasteiger partial charge < -0.3 is 14.8 Å². The maximum atomic E-state index is 5.96. The molecule has 0 unspecified atom stereocenters. The number of rotatable bonds is 8. The SMILES string of the molecule is CCOc1cc(CN2CCC(Nc3cc(C)nc(Cl)n3)CC2)cc(OCC)c1. The molecule has 1 aliphatic heterocycles. The van der Waals surface area contributed by atoms with E-state index in [1.165, 1.54) is 5.56 Å². The van der Waals surface area contributed by atoms with Gasteiger partial charge in [-0.2, -0.15) is 0 Å². The molecule has 1 N–H and O–H groups in total. The summed E-state index contributed by atoms with van der Waals surface area (Å²) >= 11 is 5.96. The summed E-state index contributed by atoms with van der Waals surface area (Å²) in [5.41, 5.74) is 2.10. The number of nitrogens with zero attached hydrogens (tertiary/aromatic N) is 3. The lowest BCUT2D eigenvalue weighted by Gasteiger charge is -2.32. The van der Waals surface area contributed by atoms with E-state index in [2.05, 4.69) is 32.3 Å². The predicted octanol–water partition coefficient (Wildman–Crippen LogP) is 4.31. The van der Waals surface area contributed by atoms with Gasteiger partial charge in [0.15, 0.2) is 0 Å². The van der Waals surface area contributed by atoms with Crippen LogP contribution < -0.4 is 14.8 Å². The molecule has 1 aliphatic rings. The number of ether oxygens (including phenoxy) is 2. The average Bonchev–Trinajstić information content (AvgIpc) is 2.63. The summed E-state index contributed by atoms with van der Waals surface area (Å²) in [5.74, 6) is 2.55. The molecule has 0 aliphatic carbocycles. The topological polar surface area (TPSA) is 59.5 Å². The van der Waals surface area contributed by atoms with Crippen molar-refractivity contribution in [1.82, 2.24) is 14.9 Å². The van der Waals surface area contributed by atoms with E-state index in [1.54, 1.807) is 0 Å². The lowest BCUT2D eigenvalue weighted by atomic mass is 10.0. The fourth-order valence-corrected chi connectivity index (χ4v) is 3.76. The standard InChI is InChI=1S/C21H29ClN4O2/c1-4-27-18-11-16(12-19(13-18)28-5-2)14-26-8-6-17(7-9-26)24-20-10-15(3)23-21(22)25-20/h10-13,17H,4-9,14H2,1-3H3,(H,23,24,25). The van der Waals surface area contributed by atoms with Gasteiger partial charge in [0.1, 0.15) is 17.3 Å². The van der Waals surface area contributed by atoms with Crippen molar-refractivity contribution in [3.63, 3.8) is 0 Å². The van der Waals surface area contributed by atoms with Crippen molar-refractivity contribution in [2.45, 2.75) is 46.2 Å². The van der Waals surface area contributed by atoms with Crippen LogP contribution in [-0.4, -0.2) is 47.2 Å². The number of benzene rings is 1. The number of aromatic nitrogens is 2. The van der Waals surface area contributed by atoms with E-state index in [0.29, 0.717) is 24.5 Å². The van der Waals surface area contributed by atoms with Crippen molar-refractivity contribution >= 4 is 17.4 Å². The number of likely N-dealkylation sites (tertiary alicyclic amines) is 1. The number of nitrogens with one attached hydrogen (secondary N) is 1. The second-order valence-electron chi connectivity index (χ2n) is 7.04. The fourth-order valence-electron chi connectivity index (χ4n) is 3.53. The van der Waals surface area contributed by atoms with Gasteiger partial charge in [0, 0.05) is 43.5 Å². The monoisotopic (exact) mass is 404 g/mol. The summed E-state index contributed by atoms with van der Waals surface area (Å²) in [5, 5.41) is 3.79. The third-order valence-corrected chi connectivity index (χ3v) is 4.90. The van der Waals surface area contributed by atoms with Gasteiger partial charge in [-0.3, -0.25) is 4.90 Å². The second kappa shape index (κ2) is 9.94. The van der Waals surface area contributed by atoms with E-state index >= 15 is 0 Å². The van der Waals surface area contributed by atoms with Gasteiger partial charge in [-0.05, 0) is 62.9 Å². The molecule has 0 saturated carbocycles. The minimum atomic E-state index is 0.291. The molecule has 152 valence electrons. The van der Waals surface area contributed by atoms with E-state index in [0.717, 1.165) is 55.5 Å². The third kappa shape index (κ3) is 5.97. The number of halogens is 1. The van der Waals surface area contributed by atoms with Crippen LogP contribution in [0.5, 0.6) is 11.5 Å². The quantitative estimate of drug-likeness (QED) is 0.661. The molecule has 1 saturated heterocycles. The highest BCUT2D eigenvalue weighted by Gasteiger charge is 2.20. The van der Waals surface area contributed by atoms with Gasteiger partial charge in [0.05, 0.1) is 13.2 Å². The molecular formula is C21H29ClN4O2. The van der Waals surface area contributed by atoms with Crippen LogP contribution >= 0.6 is 11.6 Å². The van der Waals surface area contributed by atoms with Gasteiger partial charge in [-0.25, -0.2) is 9.97 Å². The Kier molecular flexibility index (Phi) is 7.34. The summed E-state index contributed by atoms with van der Waals surface area (Å²) < 4.78 is 11.4. The molecule has 0 atom stereocenters. The van der Waals surface area contributed by atoms with Crippen LogP contribution in [0.15, 0.2) is 24.3 Å². The molecule has 3 rings (SSSR count). The molecule has 0 bridgehead atoms. The highest BCUT2D eigenvalue weighted by Crippen LogP contribution is 2.25. The molecule has 2 heterocycles. The van der Waals surface area contributed by atoms with Crippen LogP contribution in [0.3, 0.4) is 0 Å². The first-order valence-electron chi connectivity index (χ1n) is 9.95. The van der Waals surface area contributed by atoms with Crippen LogP contribution in [0.4, 0.5) is 5.82 Å². The molecule has 1 aromatic heterocycles. The Bertz CT molecular complexity index is 734. The Balaban J connectivity index is 1.56. The van der Waals surface area contributed by atoms with Crippen molar-refractivity contribution in [3.05, 3.63) is 40.8 Å². The van der Waals surface area contributed by atoms with Crippen molar-refractivity contribution in [3.8, 4) is 11.5 Å². The van der Waals surface area contributed by atoms with Crippen molar-refractivity contribution < 1.29 is 9.47 Å². The Hall–Kier alpha value is -2.05. The normalized spacial score (nSPS) is 15.4. The zero-order valence-corrected chi connectivity index (χ0v) is 17.6. The van der Waals surface area contributed by atoms with E-state index in [-0.39, 0.29) is 0 Å². The van der Waals surface area contributed by atoms with Crippen molar-refractivity contribution in [2.24, 2.45) is 0 Å². The van der Waals surface area contributed by atoms with Gasteiger partial charge in [-0.1, -0.05) is 0 Å². The van der Waals surface area contributed by atoms with E-state index in [4.69, 9.17) is 21.1 Å². The first-order valence-corrected chi connectivity index (χ1v) is 10.3. The Labute approximate surface area is 172 Å². The minimum Gasteiger partial charge on any atom is -0.494 e. The molecule has 0 radical (unpaired) electrons. The van der Waals surface area contributed by atoms with Gasteiger partial charge in [-0.15, -0.1) is 0 Å². The third-order valence-electron chi connectivity index (χ3n) is 4.73. The first kappa shape index (κ1) is 20.7. The number of anilines is 1. The highest BCUT2D eigenvalue weighted by molar-refractivity contribution is 6.28. The lowest BCUT2D eigenvalue weighted by molar-refractivity contribution is 0.210. The summed E-state index contributed by atoms with van der Waals surface area (Å²) in [7, 11) is 0. The Morgan fingerprint density at radius 3 is 2.25 bits per heavy atom. The molecule has 1 aromatic carbocycles. The van der Waals surface area contributed by atoms with E-state index in [1.807, 2.05) is 32.9 Å². The number of piperidine rings is 1. The summed E-state index contributed by atoms with van der Waals surface area (Å²) in [6.07, 6.45) is 2.12. The van der Waals surface area contributed by atoms with Crippen LogP contribution in [0.1, 0.15) is 37.9 Å². The predicted molar refractivity (Wildman–Crippen MR) is 112 cm³/mol. The zero-order valence-electron chi connectivity index (χ0n) is 16.9. The van der Waals surface area contributed by atoms with Crippen LogP contribution in [-0.2, 0) is 6.54 Å². The molecule has 6 nitrogen and oxygen atoms in total. The summed E-state index contributed by atoms with van der Waals surface area (Å²) in [6, 6.07) is 8.52. The fraction of sp³-hybridized carbons (Fsp3) is 0.524. The van der Waals surface area contributed by atoms with Crippen molar-refractivity contribution in [1.29, 1.82) is 0 Å². The smallest absolute Gasteiger partial charge is 0.224 e. The van der Waals surface area contributed by atoms with Gasteiger partial charge in [0.25, 0.3) is 0 Å². The summed E-state index contributed by atoms with van der Waals surface area (Å²) in [4.78, 5) is 10.9. The second-order valence-corrected chi connectivity index (χ2v) is 7.38. The molecule has 1 fully saturated rings. The van der Waals surface area contributed by atoms with Crippen LogP contribution in [0.25, 0.3) is 0 Å². The largest absolute Gasteiger partial charge is 0.494 e. The maximum Gasteiger partial charge on any atom is 0.224 e. The van der Waals surface area contributed by atoms with Crippen molar-refractivity contribution in [2.75, 3.05) is 31.6 Å². The average molecular weight is 405 g/mol. The maximum absolute atomic E-state index is 5.96. The molecule has 28 heavy (non-hydrogen) atoms. The van der Waals surface area contributed by atoms with Crippen LogP contribution in [0.2, 0.25) is 5.28 Å². The van der Waals surface area contributed by atoms with Crippen LogP contribution in [0, 0.1) is 6.92 Å². The Morgan fingerprint density at radius 2 is 1.68 bits per heavy atom. The highest BCUT2D eigenvalue weighted by atomic mass is 35.5. The molecule has 7 heteroatoms. The molecule has 0 amide bonds. The number of hydrogen-bond acceptors (Lipinski definition) is 6. The van der Waals surface area contributed by atoms with Gasteiger partial charge >= 0.3 is 0 Å². The number of hydrogen-bond donors (Lipinski definition) is 1. The van der Waals surface area contributed by atoms with Gasteiger partial charge in [0.2, 0.25) is 5.28 Å². The molecule has 0 spiro atoms. The molecule has 2 aromatic rings. The zero-order chi connectivity index (χ0) is 19.9. The number of aryl methyl sites for hydroxylation is 1. The van der Waals surface area contributed by atoms with E-state index in [9.17, 15) is 0 Å². The minimum absolute atomic E-state index is 0.291.